The van der Waals surface area contributed by atoms with E-state index in [2.05, 4.69) is 48.5 Å². The van der Waals surface area contributed by atoms with Crippen LogP contribution in [0.15, 0.2) is 48.5 Å². The predicted molar refractivity (Wildman–Crippen MR) is 174 cm³/mol. The van der Waals surface area contributed by atoms with Gasteiger partial charge in [0.1, 0.15) is 0 Å². The van der Waals surface area contributed by atoms with Crippen LogP contribution < -0.4 is 22.9 Å². The molecule has 0 aliphatic rings. The van der Waals surface area contributed by atoms with Crippen molar-refractivity contribution in [3.8, 4) is 22.3 Å². The first-order valence-corrected chi connectivity index (χ1v) is 12.3. The Hall–Kier alpha value is -3.34. The van der Waals surface area contributed by atoms with E-state index in [-0.39, 0.29) is 24.8 Å². The van der Waals surface area contributed by atoms with Crippen LogP contribution >= 0.6 is 24.8 Å². The fourth-order valence-electron chi connectivity index (χ4n) is 4.57. The molecule has 0 heterocycles. The topological polar surface area (TPSA) is 104 Å². The zero-order valence-corrected chi connectivity index (χ0v) is 25.4. The van der Waals surface area contributed by atoms with Gasteiger partial charge in [0.2, 0.25) is 0 Å². The van der Waals surface area contributed by atoms with Crippen LogP contribution in [0.3, 0.4) is 0 Å². The second-order valence-corrected chi connectivity index (χ2v) is 10.1. The number of hydrogen-bond acceptors (Lipinski definition) is 4. The molecule has 0 saturated carbocycles. The molecule has 4 aromatic rings. The Morgan fingerprint density at radius 3 is 0.500 bits per heavy atom. The number of halogens is 2. The van der Waals surface area contributed by atoms with E-state index in [4.69, 9.17) is 22.9 Å². The lowest BCUT2D eigenvalue weighted by atomic mass is 9.95. The normalized spacial score (nSPS) is 10.1. The molecule has 6 heteroatoms. The van der Waals surface area contributed by atoms with Crippen LogP contribution in [0.4, 0.5) is 22.7 Å². The molecular formula is C32H42Cl2N4. The van der Waals surface area contributed by atoms with Gasteiger partial charge in [-0.1, -0.05) is 0 Å². The van der Waals surface area contributed by atoms with Gasteiger partial charge >= 0.3 is 0 Å². The van der Waals surface area contributed by atoms with Crippen molar-refractivity contribution < 1.29 is 0 Å². The van der Waals surface area contributed by atoms with Gasteiger partial charge in [0.25, 0.3) is 0 Å². The summed E-state index contributed by atoms with van der Waals surface area (Å²) in [5, 5.41) is 0. The van der Waals surface area contributed by atoms with Crippen LogP contribution in [0, 0.1) is 55.4 Å². The lowest BCUT2D eigenvalue weighted by Crippen LogP contribution is -1.97. The minimum Gasteiger partial charge on any atom is -0.398 e. The van der Waals surface area contributed by atoms with Crippen LogP contribution in [0.25, 0.3) is 22.3 Å². The van der Waals surface area contributed by atoms with E-state index < -0.39 is 0 Å². The van der Waals surface area contributed by atoms with Gasteiger partial charge in [-0.25, -0.2) is 0 Å². The van der Waals surface area contributed by atoms with Crippen LogP contribution in [-0.4, -0.2) is 0 Å². The Morgan fingerprint density at radius 2 is 0.395 bits per heavy atom. The first-order valence-electron chi connectivity index (χ1n) is 12.3. The van der Waals surface area contributed by atoms with Crippen molar-refractivity contribution in [3.05, 3.63) is 93.0 Å². The molecule has 204 valence electrons. The van der Waals surface area contributed by atoms with Crippen molar-refractivity contribution in [1.29, 1.82) is 0 Å². The molecule has 4 nitrogen and oxygen atoms in total. The third-order valence-corrected chi connectivity index (χ3v) is 7.04. The molecule has 0 radical (unpaired) electrons. The molecule has 4 rings (SSSR count). The lowest BCUT2D eigenvalue weighted by molar-refractivity contribution is 1.36. The van der Waals surface area contributed by atoms with Crippen molar-refractivity contribution in [2.75, 3.05) is 22.9 Å². The highest BCUT2D eigenvalue weighted by molar-refractivity contribution is 5.85. The molecule has 0 amide bonds. The van der Waals surface area contributed by atoms with Gasteiger partial charge in [-0.2, -0.15) is 0 Å². The summed E-state index contributed by atoms with van der Waals surface area (Å²) >= 11 is 0. The van der Waals surface area contributed by atoms with E-state index in [0.717, 1.165) is 67.3 Å². The lowest BCUT2D eigenvalue weighted by Gasteiger charge is -2.12. The zero-order chi connectivity index (χ0) is 26.9. The first-order chi connectivity index (χ1) is 16.8. The molecule has 0 bridgehead atoms. The second-order valence-electron chi connectivity index (χ2n) is 10.1. The van der Waals surface area contributed by atoms with Crippen molar-refractivity contribution in [2.45, 2.75) is 55.4 Å². The number of hydrogen-bond donors (Lipinski definition) is 4. The molecule has 0 spiro atoms. The van der Waals surface area contributed by atoms with E-state index in [1.54, 1.807) is 0 Å². The van der Waals surface area contributed by atoms with Crippen molar-refractivity contribution in [1.82, 2.24) is 0 Å². The summed E-state index contributed by atoms with van der Waals surface area (Å²) < 4.78 is 0. The predicted octanol–water partition coefficient (Wildman–Crippen LogP) is 8.35. The van der Waals surface area contributed by atoms with Crippen LogP contribution in [0.2, 0.25) is 0 Å². The molecule has 0 saturated heterocycles. The maximum Gasteiger partial charge on any atom is 0.0373 e. The fourth-order valence-corrected chi connectivity index (χ4v) is 4.57. The summed E-state index contributed by atoms with van der Waals surface area (Å²) in [5.41, 5.74) is 41.3. The average molecular weight is 554 g/mol. The number of nitrogen functional groups attached to an aromatic ring is 4. The quantitative estimate of drug-likeness (QED) is 0.187. The number of rotatable bonds is 2. The van der Waals surface area contributed by atoms with E-state index in [0.29, 0.717) is 0 Å². The minimum absolute atomic E-state index is 0. The summed E-state index contributed by atoms with van der Waals surface area (Å²) in [5.74, 6) is 0. The Kier molecular flexibility index (Phi) is 11.1. The Bertz CT molecular complexity index is 1140. The highest BCUT2D eigenvalue weighted by Gasteiger charge is 2.08. The van der Waals surface area contributed by atoms with Crippen molar-refractivity contribution in [3.63, 3.8) is 0 Å². The molecule has 4 aromatic carbocycles. The van der Waals surface area contributed by atoms with Gasteiger partial charge in [0, 0.05) is 22.7 Å². The second kappa shape index (κ2) is 12.9. The molecule has 38 heavy (non-hydrogen) atoms. The maximum atomic E-state index is 5.99. The third-order valence-electron chi connectivity index (χ3n) is 7.04. The van der Waals surface area contributed by atoms with Crippen molar-refractivity contribution >= 4 is 47.6 Å². The molecule has 8 N–H and O–H groups in total. The molecular weight excluding hydrogens is 511 g/mol. The van der Waals surface area contributed by atoms with Gasteiger partial charge < -0.3 is 22.9 Å². The van der Waals surface area contributed by atoms with E-state index in [1.807, 2.05) is 55.4 Å². The third kappa shape index (κ3) is 6.94. The van der Waals surface area contributed by atoms with E-state index in [1.165, 1.54) is 22.3 Å². The smallest absolute Gasteiger partial charge is 0.0373 e. The Balaban J connectivity index is 0.000000361. The Labute approximate surface area is 240 Å². The zero-order valence-electron chi connectivity index (χ0n) is 23.7. The summed E-state index contributed by atoms with van der Waals surface area (Å²) in [4.78, 5) is 0. The monoisotopic (exact) mass is 552 g/mol. The number of nitrogens with two attached hydrogens (primary N) is 4. The highest BCUT2D eigenvalue weighted by Crippen LogP contribution is 2.31. The van der Waals surface area contributed by atoms with E-state index in [9.17, 15) is 0 Å². The molecule has 0 unspecified atom stereocenters. The summed E-state index contributed by atoms with van der Waals surface area (Å²) in [6, 6.07) is 17.1. The molecule has 0 aliphatic heterocycles. The van der Waals surface area contributed by atoms with Gasteiger partial charge in [0.15, 0.2) is 0 Å². The summed E-state index contributed by atoms with van der Waals surface area (Å²) in [7, 11) is 0. The maximum absolute atomic E-state index is 5.99. The first kappa shape index (κ1) is 32.7. The number of aryl methyl sites for hydroxylation is 8. The fraction of sp³-hybridized carbons (Fsp3) is 0.250. The standard InChI is InChI=1S/2C16H20N2.2ClH/c2*1-9-5-13(6-10(2)15(9)17)14-7-11(3)16(18)12(4)8-14;;/h2*5-8H,17-18H2,1-4H3;2*1H. The number of benzene rings is 4. The van der Waals surface area contributed by atoms with Crippen LogP contribution in [0.1, 0.15) is 44.5 Å². The molecule has 0 aromatic heterocycles. The van der Waals surface area contributed by atoms with Gasteiger partial charge in [0.05, 0.1) is 0 Å². The van der Waals surface area contributed by atoms with Crippen LogP contribution in [-0.2, 0) is 0 Å². The molecule has 0 aliphatic carbocycles. The SMILES string of the molecule is Cc1cc(-c2cc(C)c(N)c(C)c2)cc(C)c1N.Cc1cc(-c2cc(C)c(N)c(C)c2)cc(C)c1N.Cl.Cl. The minimum atomic E-state index is 0. The summed E-state index contributed by atoms with van der Waals surface area (Å²) in [6.07, 6.45) is 0. The summed E-state index contributed by atoms with van der Waals surface area (Å²) in [6.45, 7) is 16.4. The average Bonchev–Trinajstić information content (AvgIpc) is 2.82. The van der Waals surface area contributed by atoms with Gasteiger partial charge in [-0.15, -0.1) is 24.8 Å². The van der Waals surface area contributed by atoms with Gasteiger partial charge in [-0.05, 0) is 171 Å². The van der Waals surface area contributed by atoms with Gasteiger partial charge in [-0.3, -0.25) is 0 Å². The molecule has 0 fully saturated rings. The van der Waals surface area contributed by atoms with Crippen molar-refractivity contribution in [2.24, 2.45) is 0 Å². The largest absolute Gasteiger partial charge is 0.398 e. The van der Waals surface area contributed by atoms with Crippen LogP contribution in [0.5, 0.6) is 0 Å². The number of anilines is 4. The molecule has 0 atom stereocenters. The Morgan fingerprint density at radius 1 is 0.289 bits per heavy atom. The van der Waals surface area contributed by atoms with E-state index >= 15 is 0 Å². The highest BCUT2D eigenvalue weighted by atomic mass is 35.5.